The highest BCUT2D eigenvalue weighted by atomic mass is 19.4. The summed E-state index contributed by atoms with van der Waals surface area (Å²) in [6, 6.07) is 13.7. The maximum Gasteiger partial charge on any atom is 0.418 e. The fourth-order valence-electron chi connectivity index (χ4n) is 1.78. The minimum absolute atomic E-state index is 0.00602. The van der Waals surface area contributed by atoms with Crippen molar-refractivity contribution in [2.45, 2.75) is 12.7 Å². The van der Waals surface area contributed by atoms with Gasteiger partial charge in [-0.3, -0.25) is 10.3 Å². The number of hydroxylamine groups is 1. The highest BCUT2D eigenvalue weighted by Crippen LogP contribution is 2.36. The first-order chi connectivity index (χ1) is 8.98. The Labute approximate surface area is 108 Å². The minimum Gasteiger partial charge on any atom is -0.288 e. The normalized spacial score (nSPS) is 11.4. The lowest BCUT2D eigenvalue weighted by molar-refractivity contribution is -0.137. The zero-order chi connectivity index (χ0) is 13.9. The number of rotatable bonds is 3. The summed E-state index contributed by atoms with van der Waals surface area (Å²) in [5.41, 5.74) is -0.380. The maximum atomic E-state index is 12.8. The minimum atomic E-state index is -4.49. The summed E-state index contributed by atoms with van der Waals surface area (Å²) in [4.78, 5) is 0. The van der Waals surface area contributed by atoms with Gasteiger partial charge >= 0.3 is 6.18 Å². The maximum absolute atomic E-state index is 12.8. The molecule has 100 valence electrons. The number of benzene rings is 2. The third-order valence-corrected chi connectivity index (χ3v) is 2.66. The lowest BCUT2D eigenvalue weighted by Crippen LogP contribution is -2.21. The molecular weight excluding hydrogens is 255 g/mol. The number of alkyl halides is 3. The first-order valence-electron chi connectivity index (χ1n) is 5.65. The van der Waals surface area contributed by atoms with Gasteiger partial charge in [0.25, 0.3) is 0 Å². The van der Waals surface area contributed by atoms with Crippen LogP contribution in [0.4, 0.5) is 18.9 Å². The van der Waals surface area contributed by atoms with Crippen LogP contribution >= 0.6 is 0 Å². The monoisotopic (exact) mass is 267 g/mol. The van der Waals surface area contributed by atoms with Crippen LogP contribution < -0.4 is 5.06 Å². The molecule has 2 aromatic carbocycles. The largest absolute Gasteiger partial charge is 0.418 e. The van der Waals surface area contributed by atoms with E-state index in [9.17, 15) is 18.4 Å². The molecular formula is C14H12F3NO. The molecule has 19 heavy (non-hydrogen) atoms. The van der Waals surface area contributed by atoms with Crippen LogP contribution in [-0.2, 0) is 12.7 Å². The van der Waals surface area contributed by atoms with Crippen LogP contribution in [0.1, 0.15) is 11.1 Å². The van der Waals surface area contributed by atoms with Crippen molar-refractivity contribution >= 4 is 5.69 Å². The standard InChI is InChI=1S/C14H12F3NO/c15-14(16,17)12-8-4-5-9-13(12)18(19)10-11-6-2-1-3-7-11/h1-9,19H,10H2. The first-order valence-corrected chi connectivity index (χ1v) is 5.65. The van der Waals surface area contributed by atoms with Crippen LogP contribution in [0, 0.1) is 0 Å². The molecule has 0 aliphatic heterocycles. The summed E-state index contributed by atoms with van der Waals surface area (Å²) in [5.74, 6) is 0. The molecule has 2 aromatic rings. The highest BCUT2D eigenvalue weighted by molar-refractivity contribution is 5.53. The molecule has 0 spiro atoms. The smallest absolute Gasteiger partial charge is 0.288 e. The molecule has 0 amide bonds. The van der Waals surface area contributed by atoms with Gasteiger partial charge in [-0.25, -0.2) is 0 Å². The molecule has 5 heteroatoms. The highest BCUT2D eigenvalue weighted by Gasteiger charge is 2.34. The summed E-state index contributed by atoms with van der Waals surface area (Å²) in [7, 11) is 0. The van der Waals surface area contributed by atoms with Crippen LogP contribution in [0.2, 0.25) is 0 Å². The Bertz CT molecular complexity index is 540. The van der Waals surface area contributed by atoms with Crippen molar-refractivity contribution in [2.75, 3.05) is 5.06 Å². The molecule has 2 rings (SSSR count). The van der Waals surface area contributed by atoms with Gasteiger partial charge in [0.1, 0.15) is 0 Å². The van der Waals surface area contributed by atoms with Crippen molar-refractivity contribution in [2.24, 2.45) is 0 Å². The number of halogens is 3. The van der Waals surface area contributed by atoms with Gasteiger partial charge < -0.3 is 0 Å². The zero-order valence-corrected chi connectivity index (χ0v) is 9.93. The van der Waals surface area contributed by atoms with E-state index < -0.39 is 11.7 Å². The molecule has 0 unspecified atom stereocenters. The SMILES string of the molecule is ON(Cc1ccccc1)c1ccccc1C(F)(F)F. The van der Waals surface area contributed by atoms with Gasteiger partial charge in [0.05, 0.1) is 17.8 Å². The molecule has 0 radical (unpaired) electrons. The lowest BCUT2D eigenvalue weighted by Gasteiger charge is -2.21. The Morgan fingerprint density at radius 2 is 1.47 bits per heavy atom. The van der Waals surface area contributed by atoms with E-state index in [-0.39, 0.29) is 12.2 Å². The molecule has 0 aromatic heterocycles. The fraction of sp³-hybridized carbons (Fsp3) is 0.143. The van der Waals surface area contributed by atoms with Gasteiger partial charge in [0.2, 0.25) is 0 Å². The molecule has 0 aliphatic rings. The van der Waals surface area contributed by atoms with Gasteiger partial charge in [0, 0.05) is 0 Å². The van der Waals surface area contributed by atoms with Gasteiger partial charge in [0.15, 0.2) is 0 Å². The summed E-state index contributed by atoms with van der Waals surface area (Å²) >= 11 is 0. The topological polar surface area (TPSA) is 23.5 Å². The van der Waals surface area contributed by atoms with Gasteiger partial charge in [-0.2, -0.15) is 13.2 Å². The van der Waals surface area contributed by atoms with E-state index in [1.54, 1.807) is 30.3 Å². The molecule has 0 fully saturated rings. The second kappa shape index (κ2) is 5.32. The van der Waals surface area contributed by atoms with Crippen LogP contribution in [0.5, 0.6) is 0 Å². The predicted octanol–water partition coefficient (Wildman–Crippen LogP) is 4.10. The van der Waals surface area contributed by atoms with E-state index in [0.29, 0.717) is 5.06 Å². The van der Waals surface area contributed by atoms with Gasteiger partial charge in [-0.1, -0.05) is 42.5 Å². The second-order valence-corrected chi connectivity index (χ2v) is 4.06. The molecule has 0 bridgehead atoms. The Kier molecular flexibility index (Phi) is 3.76. The van der Waals surface area contributed by atoms with E-state index in [2.05, 4.69) is 0 Å². The van der Waals surface area contributed by atoms with E-state index in [1.807, 2.05) is 0 Å². The van der Waals surface area contributed by atoms with Crippen molar-refractivity contribution in [3.63, 3.8) is 0 Å². The number of anilines is 1. The molecule has 0 atom stereocenters. The molecule has 1 N–H and O–H groups in total. The molecule has 2 nitrogen and oxygen atoms in total. The third kappa shape index (κ3) is 3.26. The average Bonchev–Trinajstić information content (AvgIpc) is 2.39. The van der Waals surface area contributed by atoms with Crippen molar-refractivity contribution in [1.82, 2.24) is 0 Å². The van der Waals surface area contributed by atoms with Crippen molar-refractivity contribution in [3.8, 4) is 0 Å². The second-order valence-electron chi connectivity index (χ2n) is 4.06. The zero-order valence-electron chi connectivity index (χ0n) is 9.93. The van der Waals surface area contributed by atoms with Crippen LogP contribution in [0.15, 0.2) is 54.6 Å². The number of para-hydroxylation sites is 1. The van der Waals surface area contributed by atoms with Crippen LogP contribution in [0.25, 0.3) is 0 Å². The van der Waals surface area contributed by atoms with Gasteiger partial charge in [-0.15, -0.1) is 0 Å². The van der Waals surface area contributed by atoms with E-state index >= 15 is 0 Å². The summed E-state index contributed by atoms with van der Waals surface area (Å²) in [6.07, 6.45) is -4.49. The third-order valence-electron chi connectivity index (χ3n) is 2.66. The number of hydrogen-bond donors (Lipinski definition) is 1. The Hall–Kier alpha value is -2.01. The van der Waals surface area contributed by atoms with Crippen molar-refractivity contribution in [3.05, 3.63) is 65.7 Å². The molecule has 0 saturated heterocycles. The van der Waals surface area contributed by atoms with E-state index in [0.717, 1.165) is 11.6 Å². The lowest BCUT2D eigenvalue weighted by atomic mass is 10.1. The average molecular weight is 267 g/mol. The Morgan fingerprint density at radius 3 is 2.11 bits per heavy atom. The Morgan fingerprint density at radius 1 is 0.895 bits per heavy atom. The van der Waals surface area contributed by atoms with Crippen LogP contribution in [-0.4, -0.2) is 5.21 Å². The Balaban J connectivity index is 2.27. The summed E-state index contributed by atoms with van der Waals surface area (Å²) < 4.78 is 38.4. The molecule has 0 aliphatic carbocycles. The summed E-state index contributed by atoms with van der Waals surface area (Å²) in [5, 5.41) is 10.5. The molecule has 0 saturated carbocycles. The van der Waals surface area contributed by atoms with Crippen molar-refractivity contribution in [1.29, 1.82) is 0 Å². The first kappa shape index (κ1) is 13.4. The van der Waals surface area contributed by atoms with Crippen LogP contribution in [0.3, 0.4) is 0 Å². The number of hydrogen-bond acceptors (Lipinski definition) is 2. The number of nitrogens with zero attached hydrogens (tertiary/aromatic N) is 1. The van der Waals surface area contributed by atoms with Crippen molar-refractivity contribution < 1.29 is 18.4 Å². The predicted molar refractivity (Wildman–Crippen MR) is 65.9 cm³/mol. The van der Waals surface area contributed by atoms with E-state index in [4.69, 9.17) is 0 Å². The quantitative estimate of drug-likeness (QED) is 0.846. The molecule has 0 heterocycles. The summed E-state index contributed by atoms with van der Waals surface area (Å²) in [6.45, 7) is -0.00602. The fourth-order valence-corrected chi connectivity index (χ4v) is 1.78. The van der Waals surface area contributed by atoms with Gasteiger partial charge in [-0.05, 0) is 17.7 Å². The van der Waals surface area contributed by atoms with E-state index in [1.165, 1.54) is 18.2 Å².